The summed E-state index contributed by atoms with van der Waals surface area (Å²) in [5.74, 6) is -2.11. The zero-order chi connectivity index (χ0) is 17.2. The van der Waals surface area contributed by atoms with Gasteiger partial charge in [-0.15, -0.1) is 0 Å². The van der Waals surface area contributed by atoms with Gasteiger partial charge < -0.3 is 4.90 Å². The predicted octanol–water partition coefficient (Wildman–Crippen LogP) is 5.64. The molecule has 0 aromatic carbocycles. The summed E-state index contributed by atoms with van der Waals surface area (Å²) in [5, 5.41) is -0.518. The van der Waals surface area contributed by atoms with Crippen LogP contribution in [0.3, 0.4) is 0 Å². The van der Waals surface area contributed by atoms with E-state index in [1.807, 2.05) is 4.90 Å². The minimum Gasteiger partial charge on any atom is -0.337 e. The van der Waals surface area contributed by atoms with Crippen LogP contribution in [0.1, 0.15) is 66.2 Å². The van der Waals surface area contributed by atoms with Gasteiger partial charge in [0.05, 0.1) is 10.6 Å². The van der Waals surface area contributed by atoms with Gasteiger partial charge in [0.2, 0.25) is 5.91 Å². The van der Waals surface area contributed by atoms with Gasteiger partial charge in [-0.1, -0.05) is 0 Å². The molecule has 6 heteroatoms. The Morgan fingerprint density at radius 3 is 1.91 bits per heavy atom. The first-order valence-corrected chi connectivity index (χ1v) is 12.3. The van der Waals surface area contributed by atoms with E-state index in [-0.39, 0.29) is 18.0 Å². The van der Waals surface area contributed by atoms with Gasteiger partial charge in [-0.05, 0) is 101 Å². The molecule has 4 fully saturated rings. The molecule has 0 saturated heterocycles. The number of amides is 1. The number of rotatable bonds is 4. The smallest absolute Gasteiger partial charge is 0.259 e. The largest absolute Gasteiger partial charge is 0.337 e. The molecule has 2 atom stereocenters. The summed E-state index contributed by atoms with van der Waals surface area (Å²) in [6, 6.07) is 0.343. The Balaban J connectivity index is 1.99. The first-order valence-electron chi connectivity index (χ1n) is 8.82. The van der Waals surface area contributed by atoms with Crippen LogP contribution in [0, 0.1) is 17.3 Å². The minimum absolute atomic E-state index is 0.172. The lowest BCUT2D eigenvalue weighted by Gasteiger charge is -2.62. The van der Waals surface area contributed by atoms with Crippen molar-refractivity contribution in [2.24, 2.45) is 17.3 Å². The van der Waals surface area contributed by atoms with Crippen LogP contribution in [0.4, 0.5) is 0 Å². The molecule has 4 aliphatic carbocycles. The summed E-state index contributed by atoms with van der Waals surface area (Å²) in [6.45, 7) is 8.29. The number of hydrogen-bond acceptors (Lipinski definition) is 2. The minimum atomic E-state index is -3.25. The van der Waals surface area contributed by atoms with E-state index in [0.29, 0.717) is 18.3 Å². The van der Waals surface area contributed by atoms with Crippen LogP contribution in [0.15, 0.2) is 0 Å². The molecular formula is C17H28Cl2NO2P. The molecule has 132 valence electrons. The number of carbonyl (C=O) groups excluding carboxylic acids is 1. The average molecular weight is 380 g/mol. The highest BCUT2D eigenvalue weighted by Crippen LogP contribution is 2.79. The molecule has 0 radical (unpaired) electrons. The molecule has 4 rings (SSSR count). The second kappa shape index (κ2) is 5.64. The van der Waals surface area contributed by atoms with E-state index >= 15 is 0 Å². The predicted molar refractivity (Wildman–Crippen MR) is 96.3 cm³/mol. The lowest BCUT2D eigenvalue weighted by Crippen LogP contribution is -2.61. The maximum atomic E-state index is 13.5. The summed E-state index contributed by atoms with van der Waals surface area (Å²) in [6.07, 6.45) is 5.29. The van der Waals surface area contributed by atoms with Gasteiger partial charge >= 0.3 is 0 Å². The van der Waals surface area contributed by atoms with Gasteiger partial charge in [0.25, 0.3) is 5.85 Å². The summed E-state index contributed by atoms with van der Waals surface area (Å²) in [4.78, 5) is 15.5. The van der Waals surface area contributed by atoms with Crippen molar-refractivity contribution in [1.82, 2.24) is 4.90 Å². The Bertz CT molecular complexity index is 535. The van der Waals surface area contributed by atoms with E-state index in [4.69, 9.17) is 22.5 Å². The van der Waals surface area contributed by atoms with Crippen LogP contribution in [0.25, 0.3) is 0 Å². The van der Waals surface area contributed by atoms with Crippen molar-refractivity contribution in [2.75, 3.05) is 0 Å². The standard InChI is InChI=1S/C17H28Cl2NO2P/c1-11(2)20(12(3)4)15(21)16-6-13-5-14(7-16)9-17(8-13,10-16)23(18,19)22/h11-14H,5-10H2,1-4H3/t13-,14-,16?,17?/m1/s1. The number of halogens is 2. The Kier molecular flexibility index (Phi) is 4.44. The van der Waals surface area contributed by atoms with Crippen LogP contribution >= 0.6 is 28.3 Å². The Morgan fingerprint density at radius 2 is 1.52 bits per heavy atom. The van der Waals surface area contributed by atoms with E-state index in [2.05, 4.69) is 27.7 Å². The molecule has 4 aliphatic rings. The van der Waals surface area contributed by atoms with Gasteiger partial charge in [-0.3, -0.25) is 9.36 Å². The summed E-state index contributed by atoms with van der Waals surface area (Å²) < 4.78 is 12.7. The molecular weight excluding hydrogens is 352 g/mol. The highest BCUT2D eigenvalue weighted by molar-refractivity contribution is 8.09. The molecule has 4 bridgehead atoms. The van der Waals surface area contributed by atoms with Crippen molar-refractivity contribution in [3.8, 4) is 0 Å². The molecule has 0 aromatic rings. The molecule has 0 aliphatic heterocycles. The van der Waals surface area contributed by atoms with Crippen LogP contribution in [-0.2, 0) is 9.36 Å². The first kappa shape index (κ1) is 18.1. The van der Waals surface area contributed by atoms with Gasteiger partial charge in [0.1, 0.15) is 0 Å². The Morgan fingerprint density at radius 1 is 1.04 bits per heavy atom. The molecule has 3 nitrogen and oxygen atoms in total. The third kappa shape index (κ3) is 2.79. The van der Waals surface area contributed by atoms with E-state index < -0.39 is 16.4 Å². The Hall–Kier alpha value is 0.280. The molecule has 0 spiro atoms. The number of carbonyl (C=O) groups is 1. The quantitative estimate of drug-likeness (QED) is 0.592. The van der Waals surface area contributed by atoms with Crippen LogP contribution in [-0.4, -0.2) is 28.0 Å². The summed E-state index contributed by atoms with van der Waals surface area (Å²) in [7, 11) is 0. The van der Waals surface area contributed by atoms with E-state index in [0.717, 1.165) is 32.1 Å². The number of hydrogen-bond donors (Lipinski definition) is 0. The normalized spacial score (nSPS) is 39.3. The third-order valence-electron chi connectivity index (χ3n) is 6.38. The van der Waals surface area contributed by atoms with Gasteiger partial charge in [0, 0.05) is 12.1 Å². The zero-order valence-electron chi connectivity index (χ0n) is 14.5. The molecule has 0 heterocycles. The Labute approximate surface area is 149 Å². The third-order valence-corrected chi connectivity index (χ3v) is 10.2. The van der Waals surface area contributed by atoms with Crippen LogP contribution < -0.4 is 0 Å². The second-order valence-corrected chi connectivity index (χ2v) is 14.1. The fourth-order valence-electron chi connectivity index (χ4n) is 6.11. The topological polar surface area (TPSA) is 37.4 Å². The second-order valence-electron chi connectivity index (χ2n) is 8.83. The highest BCUT2D eigenvalue weighted by atomic mass is 35.9. The lowest BCUT2D eigenvalue weighted by atomic mass is 9.48. The summed E-state index contributed by atoms with van der Waals surface area (Å²) in [5.41, 5.74) is -0.391. The monoisotopic (exact) mass is 379 g/mol. The van der Waals surface area contributed by atoms with Crippen LogP contribution in [0.2, 0.25) is 0 Å². The molecule has 23 heavy (non-hydrogen) atoms. The maximum Gasteiger partial charge on any atom is 0.259 e. The van der Waals surface area contributed by atoms with Crippen LogP contribution in [0.5, 0.6) is 0 Å². The highest BCUT2D eigenvalue weighted by Gasteiger charge is 2.66. The molecule has 0 unspecified atom stereocenters. The van der Waals surface area contributed by atoms with Crippen molar-refractivity contribution in [3.63, 3.8) is 0 Å². The summed E-state index contributed by atoms with van der Waals surface area (Å²) >= 11 is 12.4. The van der Waals surface area contributed by atoms with Gasteiger partial charge in [-0.2, -0.15) is 0 Å². The van der Waals surface area contributed by atoms with Crippen molar-refractivity contribution in [3.05, 3.63) is 0 Å². The average Bonchev–Trinajstić information content (AvgIpc) is 2.34. The van der Waals surface area contributed by atoms with Gasteiger partial charge in [-0.25, -0.2) is 0 Å². The van der Waals surface area contributed by atoms with E-state index in [1.54, 1.807) is 0 Å². The zero-order valence-corrected chi connectivity index (χ0v) is 16.9. The van der Waals surface area contributed by atoms with Crippen molar-refractivity contribution in [1.29, 1.82) is 0 Å². The molecule has 1 amide bonds. The number of nitrogens with zero attached hydrogens (tertiary/aromatic N) is 1. The fourth-order valence-corrected chi connectivity index (χ4v) is 8.72. The fraction of sp³-hybridized carbons (Fsp3) is 0.941. The van der Waals surface area contributed by atoms with Crippen molar-refractivity contribution in [2.45, 2.75) is 83.5 Å². The van der Waals surface area contributed by atoms with E-state index in [1.165, 1.54) is 0 Å². The first-order chi connectivity index (χ1) is 10.5. The van der Waals surface area contributed by atoms with Gasteiger partial charge in [0.15, 0.2) is 0 Å². The molecule has 4 saturated carbocycles. The van der Waals surface area contributed by atoms with Crippen molar-refractivity contribution >= 4 is 34.2 Å². The van der Waals surface area contributed by atoms with Crippen molar-refractivity contribution < 1.29 is 9.36 Å². The maximum absolute atomic E-state index is 13.5. The van der Waals surface area contributed by atoms with E-state index in [9.17, 15) is 9.36 Å². The molecule has 0 N–H and O–H groups in total. The lowest BCUT2D eigenvalue weighted by molar-refractivity contribution is -0.159. The SMILES string of the molecule is CC(C)N(C(=O)C12C[C@H]3C[C@H](C1)CC(P(=O)(Cl)Cl)(C3)C2)C(C)C. The molecule has 0 aromatic heterocycles.